The summed E-state index contributed by atoms with van der Waals surface area (Å²) in [5.74, 6) is 2.41. The fourth-order valence-electron chi connectivity index (χ4n) is 0.878. The molecule has 1 unspecified atom stereocenters. The van der Waals surface area contributed by atoms with E-state index in [0.29, 0.717) is 12.6 Å². The highest BCUT2D eigenvalue weighted by Gasteiger charge is 2.01. The van der Waals surface area contributed by atoms with Crippen LogP contribution in [0.3, 0.4) is 0 Å². The molecule has 0 spiro atoms. The lowest BCUT2D eigenvalue weighted by Crippen LogP contribution is -2.32. The van der Waals surface area contributed by atoms with Crippen molar-refractivity contribution in [1.29, 1.82) is 0 Å². The van der Waals surface area contributed by atoms with Gasteiger partial charge in [0.05, 0.1) is 6.10 Å². The zero-order valence-corrected chi connectivity index (χ0v) is 9.16. The van der Waals surface area contributed by atoms with Crippen molar-refractivity contribution in [3.63, 3.8) is 0 Å². The number of hydrogen-bond acceptors (Lipinski definition) is 3. The molecule has 0 aliphatic rings. The normalized spacial score (nSPS) is 16.0. The smallest absolute Gasteiger partial charge is 0.0636 e. The lowest BCUT2D eigenvalue weighted by atomic mass is 10.2. The molecule has 0 saturated heterocycles. The van der Waals surface area contributed by atoms with E-state index in [9.17, 15) is 0 Å². The van der Waals surface area contributed by atoms with E-state index >= 15 is 0 Å². The Kier molecular flexibility index (Phi) is 8.07. The average molecular weight is 191 g/mol. The van der Waals surface area contributed by atoms with Gasteiger partial charge in [-0.1, -0.05) is 6.92 Å². The lowest BCUT2D eigenvalue weighted by molar-refractivity contribution is 0.187. The molecule has 0 heterocycles. The van der Waals surface area contributed by atoms with Crippen LogP contribution >= 0.6 is 11.8 Å². The van der Waals surface area contributed by atoms with Gasteiger partial charge in [0.2, 0.25) is 0 Å². The van der Waals surface area contributed by atoms with Crippen molar-refractivity contribution in [2.75, 3.05) is 18.1 Å². The summed E-state index contributed by atoms with van der Waals surface area (Å²) >= 11 is 1.97. The molecule has 2 N–H and O–H groups in total. The Morgan fingerprint density at radius 1 is 1.42 bits per heavy atom. The molecule has 0 rings (SSSR count). The van der Waals surface area contributed by atoms with Crippen molar-refractivity contribution in [2.45, 2.75) is 39.3 Å². The largest absolute Gasteiger partial charge is 0.392 e. The molecule has 0 bridgehead atoms. The van der Waals surface area contributed by atoms with Gasteiger partial charge in [0.1, 0.15) is 0 Å². The van der Waals surface area contributed by atoms with Crippen LogP contribution in [0.25, 0.3) is 0 Å². The van der Waals surface area contributed by atoms with Crippen LogP contribution < -0.4 is 5.32 Å². The highest BCUT2D eigenvalue weighted by Crippen LogP contribution is 2.03. The number of thioether (sulfide) groups is 1. The summed E-state index contributed by atoms with van der Waals surface area (Å²) in [6, 6.07) is 0.527. The van der Waals surface area contributed by atoms with Crippen molar-refractivity contribution < 1.29 is 5.11 Å². The Balaban J connectivity index is 3.15. The predicted molar refractivity (Wildman–Crippen MR) is 56.8 cm³/mol. The number of nitrogens with one attached hydrogen (secondary N) is 1. The van der Waals surface area contributed by atoms with Crippen LogP contribution in [0.15, 0.2) is 0 Å². The lowest BCUT2D eigenvalue weighted by Gasteiger charge is -2.14. The van der Waals surface area contributed by atoms with E-state index in [1.54, 1.807) is 6.92 Å². The molecule has 3 heteroatoms. The Morgan fingerprint density at radius 2 is 2.08 bits per heavy atom. The number of hydrogen-bond donors (Lipinski definition) is 2. The van der Waals surface area contributed by atoms with E-state index < -0.39 is 0 Å². The fraction of sp³-hybridized carbons (Fsp3) is 1.00. The third-order valence-electron chi connectivity index (χ3n) is 1.66. The molecular weight excluding hydrogens is 170 g/mol. The Morgan fingerprint density at radius 3 is 2.58 bits per heavy atom. The Hall–Kier alpha value is 0.270. The number of aliphatic hydroxyl groups is 1. The maximum Gasteiger partial charge on any atom is 0.0636 e. The van der Waals surface area contributed by atoms with Crippen LogP contribution in [0.1, 0.15) is 27.2 Å². The molecule has 2 nitrogen and oxygen atoms in total. The van der Waals surface area contributed by atoms with Crippen LogP contribution in [0.5, 0.6) is 0 Å². The van der Waals surface area contributed by atoms with Crippen LogP contribution in [0, 0.1) is 0 Å². The van der Waals surface area contributed by atoms with Crippen molar-refractivity contribution in [1.82, 2.24) is 5.32 Å². The first kappa shape index (κ1) is 12.3. The zero-order valence-electron chi connectivity index (χ0n) is 8.34. The highest BCUT2D eigenvalue weighted by molar-refractivity contribution is 7.99. The first-order valence-corrected chi connectivity index (χ1v) is 5.81. The summed E-state index contributed by atoms with van der Waals surface area (Å²) in [7, 11) is 0. The summed E-state index contributed by atoms with van der Waals surface area (Å²) in [5, 5.41) is 12.3. The summed E-state index contributed by atoms with van der Waals surface area (Å²) in [6.45, 7) is 6.86. The van der Waals surface area contributed by atoms with Gasteiger partial charge in [-0.05, 0) is 31.8 Å². The highest BCUT2D eigenvalue weighted by atomic mass is 32.2. The van der Waals surface area contributed by atoms with Gasteiger partial charge in [0, 0.05) is 12.6 Å². The second-order valence-electron chi connectivity index (χ2n) is 3.14. The third kappa shape index (κ3) is 8.37. The minimum Gasteiger partial charge on any atom is -0.392 e. The molecule has 74 valence electrons. The standard InChI is InChI=1S/C9H21NOS/c1-4-12-6-5-8(2)10-7-9(3)11/h8-11H,4-7H2,1-3H3/t8?,9-/m1/s1. The van der Waals surface area contributed by atoms with Crippen LogP contribution in [-0.2, 0) is 0 Å². The summed E-state index contributed by atoms with van der Waals surface area (Å²) < 4.78 is 0. The fourth-order valence-corrected chi connectivity index (χ4v) is 1.69. The maximum absolute atomic E-state index is 9.01. The van der Waals surface area contributed by atoms with E-state index in [-0.39, 0.29) is 6.10 Å². The molecule has 0 aromatic rings. The van der Waals surface area contributed by atoms with Gasteiger partial charge >= 0.3 is 0 Å². The van der Waals surface area contributed by atoms with Gasteiger partial charge in [0.15, 0.2) is 0 Å². The zero-order chi connectivity index (χ0) is 9.40. The van der Waals surface area contributed by atoms with E-state index in [1.165, 1.54) is 17.9 Å². The molecule has 0 amide bonds. The number of rotatable bonds is 7. The van der Waals surface area contributed by atoms with Crippen LogP contribution in [0.2, 0.25) is 0 Å². The summed E-state index contributed by atoms with van der Waals surface area (Å²) in [5.41, 5.74) is 0. The topological polar surface area (TPSA) is 32.3 Å². The van der Waals surface area contributed by atoms with Gasteiger partial charge in [-0.25, -0.2) is 0 Å². The molecule has 2 atom stereocenters. The van der Waals surface area contributed by atoms with Crippen molar-refractivity contribution in [2.24, 2.45) is 0 Å². The van der Waals surface area contributed by atoms with Crippen LogP contribution in [0.4, 0.5) is 0 Å². The van der Waals surface area contributed by atoms with Gasteiger partial charge in [-0.2, -0.15) is 11.8 Å². The quantitative estimate of drug-likeness (QED) is 0.598. The molecule has 0 aliphatic carbocycles. The minimum absolute atomic E-state index is 0.230. The monoisotopic (exact) mass is 191 g/mol. The molecule has 0 radical (unpaired) electrons. The van der Waals surface area contributed by atoms with E-state index in [4.69, 9.17) is 5.11 Å². The Labute approximate surface area is 80.1 Å². The van der Waals surface area contributed by atoms with Gasteiger partial charge in [-0.15, -0.1) is 0 Å². The average Bonchev–Trinajstić information content (AvgIpc) is 2.01. The molecule has 0 aromatic heterocycles. The van der Waals surface area contributed by atoms with E-state index in [0.717, 1.165) is 0 Å². The second-order valence-corrected chi connectivity index (χ2v) is 4.54. The Bertz CT molecular complexity index is 98.5. The predicted octanol–water partition coefficient (Wildman–Crippen LogP) is 1.49. The second kappa shape index (κ2) is 7.90. The van der Waals surface area contributed by atoms with E-state index in [2.05, 4.69) is 19.2 Å². The van der Waals surface area contributed by atoms with Gasteiger partial charge < -0.3 is 10.4 Å². The number of aliphatic hydroxyl groups excluding tert-OH is 1. The molecule has 0 aliphatic heterocycles. The summed E-state index contributed by atoms with van der Waals surface area (Å²) in [4.78, 5) is 0. The molecule has 0 fully saturated rings. The third-order valence-corrected chi connectivity index (χ3v) is 2.59. The first-order chi connectivity index (χ1) is 5.66. The molecule has 0 saturated carbocycles. The van der Waals surface area contributed by atoms with Gasteiger partial charge in [0.25, 0.3) is 0 Å². The maximum atomic E-state index is 9.01. The minimum atomic E-state index is -0.230. The van der Waals surface area contributed by atoms with Crippen LogP contribution in [-0.4, -0.2) is 35.3 Å². The van der Waals surface area contributed by atoms with Crippen molar-refractivity contribution >= 4 is 11.8 Å². The first-order valence-electron chi connectivity index (χ1n) is 4.66. The van der Waals surface area contributed by atoms with Crippen molar-refractivity contribution in [3.05, 3.63) is 0 Å². The summed E-state index contributed by atoms with van der Waals surface area (Å²) in [6.07, 6.45) is 0.955. The molecule has 0 aromatic carbocycles. The SMILES string of the molecule is CCSCCC(C)NC[C@@H](C)O. The van der Waals surface area contributed by atoms with Gasteiger partial charge in [-0.3, -0.25) is 0 Å². The molecular formula is C9H21NOS. The van der Waals surface area contributed by atoms with Crippen molar-refractivity contribution in [3.8, 4) is 0 Å². The van der Waals surface area contributed by atoms with E-state index in [1.807, 2.05) is 11.8 Å². The molecule has 12 heavy (non-hydrogen) atoms.